The maximum atomic E-state index is 14.3. The number of hydrogen-bond donors (Lipinski definition) is 1. The Hall–Kier alpha value is -2.13. The molecule has 2 aliphatic heterocycles. The predicted octanol–water partition coefficient (Wildman–Crippen LogP) is 2.44. The van der Waals surface area contributed by atoms with Gasteiger partial charge < -0.3 is 15.0 Å². The predicted molar refractivity (Wildman–Crippen MR) is 91.0 cm³/mol. The van der Waals surface area contributed by atoms with Crippen LogP contribution in [-0.4, -0.2) is 28.4 Å². The first-order chi connectivity index (χ1) is 13.0. The maximum Gasteiger partial charge on any atom is 0.397 e. The molecule has 8 nitrogen and oxygen atoms in total. The zero-order chi connectivity index (χ0) is 19.0. The number of alkyl halides is 1. The van der Waals surface area contributed by atoms with Gasteiger partial charge in [-0.05, 0) is 6.07 Å². The van der Waals surface area contributed by atoms with E-state index in [1.807, 2.05) is 24.3 Å². The van der Waals surface area contributed by atoms with Crippen molar-refractivity contribution in [2.75, 3.05) is 12.3 Å². The normalized spacial score (nSPS) is 27.2. The molecule has 2 N–H and O–H groups in total. The lowest BCUT2D eigenvalue weighted by atomic mass is 10.2. The zero-order valence-electron chi connectivity index (χ0n) is 14.0. The van der Waals surface area contributed by atoms with Gasteiger partial charge in [0.15, 0.2) is 17.9 Å². The van der Waals surface area contributed by atoms with Crippen LogP contribution in [0.5, 0.6) is 5.75 Å². The van der Waals surface area contributed by atoms with Gasteiger partial charge >= 0.3 is 14.3 Å². The molecule has 0 aliphatic carbocycles. The van der Waals surface area contributed by atoms with E-state index >= 15 is 0 Å². The molecule has 1 saturated heterocycles. The first-order valence-corrected chi connectivity index (χ1v) is 9.26. The van der Waals surface area contributed by atoms with Gasteiger partial charge in [-0.1, -0.05) is 18.2 Å². The van der Waals surface area contributed by atoms with E-state index in [-0.39, 0.29) is 13.0 Å². The van der Waals surface area contributed by atoms with Crippen molar-refractivity contribution in [3.05, 3.63) is 52.3 Å². The Bertz CT molecular complexity index is 899. The van der Waals surface area contributed by atoms with Crippen molar-refractivity contribution < 1.29 is 27.1 Å². The highest BCUT2D eigenvalue weighted by atomic mass is 31.2. The van der Waals surface area contributed by atoms with Crippen LogP contribution in [0.15, 0.2) is 35.3 Å². The highest BCUT2D eigenvalue weighted by Crippen LogP contribution is 2.47. The summed E-state index contributed by atoms with van der Waals surface area (Å²) in [6.45, 7) is 0.359. The molecule has 0 radical (unpaired) electrons. The Morgan fingerprint density at radius 3 is 3.07 bits per heavy atom. The van der Waals surface area contributed by atoms with Gasteiger partial charge in [0.2, 0.25) is 0 Å². The molecule has 27 heavy (non-hydrogen) atoms. The maximum absolute atomic E-state index is 14.3. The summed E-state index contributed by atoms with van der Waals surface area (Å²) in [6.07, 6.45) is -2.70. The van der Waals surface area contributed by atoms with Crippen LogP contribution in [-0.2, 0) is 20.4 Å². The topological polar surface area (TPSA) is 97.8 Å². The van der Waals surface area contributed by atoms with E-state index < -0.39 is 44.4 Å². The Balaban J connectivity index is 1.37. The van der Waals surface area contributed by atoms with E-state index in [4.69, 9.17) is 24.0 Å². The standard InChI is InChI=1S/C16H16F2N3O5P/c17-11-5-10(25-15(11)21-6-12(18)14(19)20-16(21)22)8-24-27-23-7-9-3-1-2-4-13(9)26-27/h1-4,6,10-11,15H,5,7-8H2,(H2,19,20,22). The van der Waals surface area contributed by atoms with E-state index in [2.05, 4.69) is 4.98 Å². The van der Waals surface area contributed by atoms with Crippen LogP contribution < -0.4 is 15.9 Å². The smallest absolute Gasteiger partial charge is 0.397 e. The number of hydrogen-bond acceptors (Lipinski definition) is 7. The van der Waals surface area contributed by atoms with Crippen molar-refractivity contribution >= 4 is 14.4 Å². The van der Waals surface area contributed by atoms with Crippen LogP contribution in [0.4, 0.5) is 14.6 Å². The van der Waals surface area contributed by atoms with Crippen LogP contribution in [0.3, 0.4) is 0 Å². The molecule has 1 aromatic carbocycles. The molecule has 0 bridgehead atoms. The molecule has 11 heteroatoms. The molecular formula is C16H16F2N3O5P. The van der Waals surface area contributed by atoms with Gasteiger partial charge in [0.1, 0.15) is 11.9 Å². The second-order valence-corrected chi connectivity index (χ2v) is 7.20. The van der Waals surface area contributed by atoms with Crippen molar-refractivity contribution in [3.63, 3.8) is 0 Å². The average Bonchev–Trinajstić information content (AvgIpc) is 3.03. The van der Waals surface area contributed by atoms with E-state index in [0.717, 1.165) is 16.3 Å². The molecule has 3 heterocycles. The van der Waals surface area contributed by atoms with E-state index in [0.29, 0.717) is 12.4 Å². The number of nitrogen functional groups attached to an aromatic ring is 1. The largest absolute Gasteiger partial charge is 0.426 e. The van der Waals surface area contributed by atoms with Crippen LogP contribution in [0, 0.1) is 5.82 Å². The molecule has 4 atom stereocenters. The molecular weight excluding hydrogens is 383 g/mol. The zero-order valence-corrected chi connectivity index (χ0v) is 14.9. The Morgan fingerprint density at radius 1 is 1.41 bits per heavy atom. The summed E-state index contributed by atoms with van der Waals surface area (Å²) in [6, 6.07) is 7.42. The highest BCUT2D eigenvalue weighted by Gasteiger charge is 2.38. The molecule has 0 spiro atoms. The minimum absolute atomic E-state index is 0.00439. The second-order valence-electron chi connectivity index (χ2n) is 6.06. The summed E-state index contributed by atoms with van der Waals surface area (Å²) in [4.78, 5) is 15.2. The quantitative estimate of drug-likeness (QED) is 0.789. The average molecular weight is 399 g/mol. The van der Waals surface area contributed by atoms with Crippen molar-refractivity contribution in [2.45, 2.75) is 31.5 Å². The lowest BCUT2D eigenvalue weighted by molar-refractivity contribution is -0.0381. The van der Waals surface area contributed by atoms with Crippen molar-refractivity contribution in [2.24, 2.45) is 0 Å². The molecule has 144 valence electrons. The number of para-hydroxylation sites is 1. The lowest BCUT2D eigenvalue weighted by Gasteiger charge is -2.24. The van der Waals surface area contributed by atoms with Gasteiger partial charge in [0, 0.05) is 12.0 Å². The third-order valence-electron chi connectivity index (χ3n) is 4.17. The number of nitrogens with zero attached hydrogens (tertiary/aromatic N) is 2. The Kier molecular flexibility index (Phi) is 5.05. The SMILES string of the molecule is Nc1nc(=O)n(C2OC(COP3OCc4ccccc4O3)CC2F)cc1F. The molecule has 4 unspecified atom stereocenters. The first kappa shape index (κ1) is 18.2. The van der Waals surface area contributed by atoms with Crippen LogP contribution in [0.25, 0.3) is 0 Å². The van der Waals surface area contributed by atoms with Crippen molar-refractivity contribution in [3.8, 4) is 5.75 Å². The number of aromatic nitrogens is 2. The molecule has 1 aromatic heterocycles. The van der Waals surface area contributed by atoms with Crippen LogP contribution in [0.2, 0.25) is 0 Å². The van der Waals surface area contributed by atoms with Crippen molar-refractivity contribution in [1.29, 1.82) is 0 Å². The van der Waals surface area contributed by atoms with Gasteiger partial charge in [0.25, 0.3) is 0 Å². The van der Waals surface area contributed by atoms with Gasteiger partial charge in [-0.15, -0.1) is 0 Å². The number of anilines is 1. The third kappa shape index (κ3) is 3.79. The monoisotopic (exact) mass is 399 g/mol. The Morgan fingerprint density at radius 2 is 2.22 bits per heavy atom. The summed E-state index contributed by atoms with van der Waals surface area (Å²) in [5.74, 6) is -0.783. The van der Waals surface area contributed by atoms with Crippen molar-refractivity contribution in [1.82, 2.24) is 9.55 Å². The summed E-state index contributed by atoms with van der Waals surface area (Å²) >= 11 is 0. The number of benzene rings is 1. The number of fused-ring (bicyclic) bond motifs is 1. The number of rotatable bonds is 4. The highest BCUT2D eigenvalue weighted by molar-refractivity contribution is 7.42. The fourth-order valence-corrected chi connectivity index (χ4v) is 3.89. The number of ether oxygens (including phenoxy) is 1. The van der Waals surface area contributed by atoms with Gasteiger partial charge in [-0.25, -0.2) is 13.6 Å². The first-order valence-electron chi connectivity index (χ1n) is 8.17. The molecule has 0 saturated carbocycles. The molecule has 1 fully saturated rings. The minimum Gasteiger partial charge on any atom is -0.426 e. The van der Waals surface area contributed by atoms with E-state index in [9.17, 15) is 13.6 Å². The number of nitrogens with two attached hydrogens (primary N) is 1. The fourth-order valence-electron chi connectivity index (χ4n) is 2.84. The lowest BCUT2D eigenvalue weighted by Crippen LogP contribution is -2.31. The fraction of sp³-hybridized carbons (Fsp3) is 0.375. The molecule has 2 aromatic rings. The third-order valence-corrected chi connectivity index (χ3v) is 5.22. The molecule has 0 amide bonds. The number of halogens is 2. The van der Waals surface area contributed by atoms with Gasteiger partial charge in [0.05, 0.1) is 25.5 Å². The summed E-state index contributed by atoms with van der Waals surface area (Å²) in [5, 5.41) is 0. The second kappa shape index (κ2) is 7.47. The van der Waals surface area contributed by atoms with Gasteiger partial charge in [-0.3, -0.25) is 13.6 Å². The Labute approximate surface area is 153 Å². The van der Waals surface area contributed by atoms with E-state index in [1.54, 1.807) is 0 Å². The minimum atomic E-state index is -1.63. The summed E-state index contributed by atoms with van der Waals surface area (Å²) < 4.78 is 50.8. The van der Waals surface area contributed by atoms with Crippen LogP contribution >= 0.6 is 8.60 Å². The van der Waals surface area contributed by atoms with E-state index in [1.165, 1.54) is 0 Å². The van der Waals surface area contributed by atoms with Crippen LogP contribution in [0.1, 0.15) is 18.2 Å². The molecule has 4 rings (SSSR count). The van der Waals surface area contributed by atoms with Gasteiger partial charge in [-0.2, -0.15) is 4.98 Å². The summed E-state index contributed by atoms with van der Waals surface area (Å²) in [5.41, 5.74) is 5.26. The molecule has 2 aliphatic rings. The summed E-state index contributed by atoms with van der Waals surface area (Å²) in [7, 11) is -1.63.